The van der Waals surface area contributed by atoms with Crippen molar-refractivity contribution in [3.63, 3.8) is 0 Å². The van der Waals surface area contributed by atoms with Gasteiger partial charge in [-0.05, 0) is 18.6 Å². The fourth-order valence-corrected chi connectivity index (χ4v) is 1.88. The molecule has 0 heterocycles. The maximum absolute atomic E-state index is 8.92. The number of ether oxygens (including phenoxy) is 1. The van der Waals surface area contributed by atoms with E-state index in [1.807, 2.05) is 25.1 Å². The van der Waals surface area contributed by atoms with Crippen LogP contribution in [0.4, 0.5) is 5.69 Å². The predicted molar refractivity (Wildman–Crippen MR) is 68.2 cm³/mol. The Bertz CT molecular complexity index is 387. The normalized spacial score (nSPS) is 11.9. The van der Waals surface area contributed by atoms with Gasteiger partial charge in [-0.25, -0.2) is 0 Å². The SMILES string of the molecule is CCC(C#N)Nc1cccc(Br)c1COC. The van der Waals surface area contributed by atoms with Crippen LogP contribution in [0.2, 0.25) is 0 Å². The number of rotatable bonds is 5. The van der Waals surface area contributed by atoms with Crippen LogP contribution in [0.25, 0.3) is 0 Å². The smallest absolute Gasteiger partial charge is 0.114 e. The third kappa shape index (κ3) is 3.22. The molecule has 0 saturated carbocycles. The molecule has 3 nitrogen and oxygen atoms in total. The minimum Gasteiger partial charge on any atom is -0.380 e. The average molecular weight is 283 g/mol. The summed E-state index contributed by atoms with van der Waals surface area (Å²) in [6, 6.07) is 7.92. The first kappa shape index (κ1) is 13.0. The maximum atomic E-state index is 8.92. The molecule has 0 saturated heterocycles. The van der Waals surface area contributed by atoms with Crippen molar-refractivity contribution in [3.05, 3.63) is 28.2 Å². The van der Waals surface area contributed by atoms with Crippen LogP contribution in [-0.4, -0.2) is 13.2 Å². The summed E-state index contributed by atoms with van der Waals surface area (Å²) in [5.41, 5.74) is 1.99. The van der Waals surface area contributed by atoms with Crippen molar-refractivity contribution in [2.75, 3.05) is 12.4 Å². The van der Waals surface area contributed by atoms with Gasteiger partial charge in [0.1, 0.15) is 6.04 Å². The lowest BCUT2D eigenvalue weighted by Crippen LogP contribution is -2.17. The van der Waals surface area contributed by atoms with Crippen molar-refractivity contribution in [2.45, 2.75) is 26.0 Å². The molecule has 4 heteroatoms. The number of nitrogens with zero attached hydrogens (tertiary/aromatic N) is 1. The van der Waals surface area contributed by atoms with Crippen LogP contribution in [0.15, 0.2) is 22.7 Å². The molecule has 16 heavy (non-hydrogen) atoms. The molecule has 1 rings (SSSR count). The Kier molecular flexibility index (Phi) is 5.30. The van der Waals surface area contributed by atoms with Gasteiger partial charge in [-0.1, -0.05) is 28.9 Å². The number of hydrogen-bond donors (Lipinski definition) is 1. The van der Waals surface area contributed by atoms with Gasteiger partial charge in [0, 0.05) is 22.8 Å². The van der Waals surface area contributed by atoms with E-state index in [1.54, 1.807) is 7.11 Å². The molecule has 0 radical (unpaired) electrons. The molecule has 1 N–H and O–H groups in total. The van der Waals surface area contributed by atoms with E-state index >= 15 is 0 Å². The molecule has 86 valence electrons. The fourth-order valence-electron chi connectivity index (χ4n) is 1.40. The van der Waals surface area contributed by atoms with E-state index in [0.717, 1.165) is 22.1 Å². The largest absolute Gasteiger partial charge is 0.380 e. The highest BCUT2D eigenvalue weighted by atomic mass is 79.9. The molecule has 0 aliphatic rings. The number of nitrogens with one attached hydrogen (secondary N) is 1. The topological polar surface area (TPSA) is 45.0 Å². The van der Waals surface area contributed by atoms with E-state index in [-0.39, 0.29) is 6.04 Å². The van der Waals surface area contributed by atoms with Crippen LogP contribution in [0.3, 0.4) is 0 Å². The van der Waals surface area contributed by atoms with Gasteiger partial charge in [0.2, 0.25) is 0 Å². The quantitative estimate of drug-likeness (QED) is 0.901. The summed E-state index contributed by atoms with van der Waals surface area (Å²) in [5, 5.41) is 12.1. The first-order valence-electron chi connectivity index (χ1n) is 5.15. The van der Waals surface area contributed by atoms with Crippen LogP contribution in [0, 0.1) is 11.3 Å². The third-order valence-corrected chi connectivity index (χ3v) is 3.04. The van der Waals surface area contributed by atoms with E-state index in [0.29, 0.717) is 6.61 Å². The fraction of sp³-hybridized carbons (Fsp3) is 0.417. The van der Waals surface area contributed by atoms with Crippen LogP contribution in [0.5, 0.6) is 0 Å². The number of benzene rings is 1. The van der Waals surface area contributed by atoms with E-state index in [4.69, 9.17) is 10.00 Å². The molecular weight excluding hydrogens is 268 g/mol. The molecule has 1 aromatic rings. The molecule has 0 aliphatic heterocycles. The van der Waals surface area contributed by atoms with Crippen molar-refractivity contribution >= 4 is 21.6 Å². The van der Waals surface area contributed by atoms with Crippen molar-refractivity contribution in [3.8, 4) is 6.07 Å². The molecule has 0 spiro atoms. The maximum Gasteiger partial charge on any atom is 0.114 e. The summed E-state index contributed by atoms with van der Waals surface area (Å²) in [6.07, 6.45) is 0.773. The number of anilines is 1. The van der Waals surface area contributed by atoms with Crippen molar-refractivity contribution < 1.29 is 4.74 Å². The molecule has 0 fully saturated rings. The lowest BCUT2D eigenvalue weighted by Gasteiger charge is -2.15. The number of halogens is 1. The minimum absolute atomic E-state index is 0.162. The standard InChI is InChI=1S/C12H15BrN2O/c1-3-9(7-14)15-12-6-4-5-11(13)10(12)8-16-2/h4-6,9,15H,3,8H2,1-2H3. The summed E-state index contributed by atoms with van der Waals surface area (Å²) >= 11 is 3.48. The molecular formula is C12H15BrN2O. The monoisotopic (exact) mass is 282 g/mol. The van der Waals surface area contributed by atoms with Gasteiger partial charge in [0.05, 0.1) is 12.7 Å². The second-order valence-corrected chi connectivity index (χ2v) is 4.29. The molecule has 0 amide bonds. The highest BCUT2D eigenvalue weighted by Gasteiger charge is 2.10. The second-order valence-electron chi connectivity index (χ2n) is 3.43. The average Bonchev–Trinajstić information content (AvgIpc) is 2.30. The highest BCUT2D eigenvalue weighted by molar-refractivity contribution is 9.10. The Labute approximate surface area is 105 Å². The molecule has 1 unspecified atom stereocenters. The summed E-state index contributed by atoms with van der Waals surface area (Å²) in [7, 11) is 1.66. The summed E-state index contributed by atoms with van der Waals surface area (Å²) in [5.74, 6) is 0. The third-order valence-electron chi connectivity index (χ3n) is 2.30. The lowest BCUT2D eigenvalue weighted by molar-refractivity contribution is 0.185. The number of nitriles is 1. The Hall–Kier alpha value is -1.05. The lowest BCUT2D eigenvalue weighted by atomic mass is 10.1. The van der Waals surface area contributed by atoms with E-state index in [2.05, 4.69) is 27.3 Å². The van der Waals surface area contributed by atoms with Crippen LogP contribution in [0.1, 0.15) is 18.9 Å². The van der Waals surface area contributed by atoms with E-state index in [1.165, 1.54) is 0 Å². The zero-order chi connectivity index (χ0) is 12.0. The van der Waals surface area contributed by atoms with Gasteiger partial charge in [-0.2, -0.15) is 5.26 Å². The number of hydrogen-bond acceptors (Lipinski definition) is 3. The minimum atomic E-state index is -0.162. The van der Waals surface area contributed by atoms with Crippen molar-refractivity contribution in [1.29, 1.82) is 5.26 Å². The van der Waals surface area contributed by atoms with Gasteiger partial charge in [-0.15, -0.1) is 0 Å². The van der Waals surface area contributed by atoms with E-state index < -0.39 is 0 Å². The Morgan fingerprint density at radius 2 is 2.31 bits per heavy atom. The first-order chi connectivity index (χ1) is 7.72. The number of methoxy groups -OCH3 is 1. The highest BCUT2D eigenvalue weighted by Crippen LogP contribution is 2.26. The zero-order valence-electron chi connectivity index (χ0n) is 9.46. The Balaban J connectivity index is 2.94. The summed E-state index contributed by atoms with van der Waals surface area (Å²) in [6.45, 7) is 2.50. The van der Waals surface area contributed by atoms with Gasteiger partial charge >= 0.3 is 0 Å². The van der Waals surface area contributed by atoms with E-state index in [9.17, 15) is 0 Å². The Morgan fingerprint density at radius 1 is 1.56 bits per heavy atom. The molecule has 0 aromatic heterocycles. The molecule has 0 bridgehead atoms. The molecule has 1 aromatic carbocycles. The van der Waals surface area contributed by atoms with Crippen molar-refractivity contribution in [2.24, 2.45) is 0 Å². The Morgan fingerprint density at radius 3 is 2.88 bits per heavy atom. The van der Waals surface area contributed by atoms with Crippen LogP contribution in [-0.2, 0) is 11.3 Å². The van der Waals surface area contributed by atoms with Gasteiger partial charge in [0.15, 0.2) is 0 Å². The van der Waals surface area contributed by atoms with Crippen LogP contribution < -0.4 is 5.32 Å². The van der Waals surface area contributed by atoms with Gasteiger partial charge in [0.25, 0.3) is 0 Å². The van der Waals surface area contributed by atoms with Gasteiger partial charge < -0.3 is 10.1 Å². The predicted octanol–water partition coefficient (Wildman–Crippen LogP) is 3.31. The summed E-state index contributed by atoms with van der Waals surface area (Å²) < 4.78 is 6.14. The van der Waals surface area contributed by atoms with Crippen molar-refractivity contribution in [1.82, 2.24) is 0 Å². The summed E-state index contributed by atoms with van der Waals surface area (Å²) in [4.78, 5) is 0. The van der Waals surface area contributed by atoms with Gasteiger partial charge in [-0.3, -0.25) is 0 Å². The second kappa shape index (κ2) is 6.51. The molecule has 1 atom stereocenters. The zero-order valence-corrected chi connectivity index (χ0v) is 11.0. The first-order valence-corrected chi connectivity index (χ1v) is 5.94. The molecule has 0 aliphatic carbocycles. The van der Waals surface area contributed by atoms with Crippen LogP contribution >= 0.6 is 15.9 Å².